The van der Waals surface area contributed by atoms with Crippen LogP contribution in [0, 0.1) is 5.92 Å². The van der Waals surface area contributed by atoms with E-state index in [4.69, 9.17) is 4.99 Å². The van der Waals surface area contributed by atoms with Crippen molar-refractivity contribution in [3.8, 4) is 0 Å². The zero-order valence-corrected chi connectivity index (χ0v) is 16.2. The number of nitrogens with zero attached hydrogens (tertiary/aromatic N) is 3. The molecule has 1 N–H and O–H groups in total. The van der Waals surface area contributed by atoms with Gasteiger partial charge in [0.2, 0.25) is 5.91 Å². The van der Waals surface area contributed by atoms with Crippen LogP contribution in [0.1, 0.15) is 50.7 Å². The van der Waals surface area contributed by atoms with E-state index < -0.39 is 0 Å². The molecule has 2 aliphatic rings. The van der Waals surface area contributed by atoms with Crippen LogP contribution in [0.5, 0.6) is 0 Å². The maximum atomic E-state index is 11.8. The molecule has 0 aliphatic carbocycles. The standard InChI is InChI=1S/C21H32N4O/c1-3-22-21(25-13-4-6-17(2)15-25)23-14-18-8-10-19(11-9-18)16-24-12-5-7-20(24)26/h8-11,17H,3-7,12-16H2,1-2H3,(H,22,23). The van der Waals surface area contributed by atoms with Crippen molar-refractivity contribution in [1.29, 1.82) is 0 Å². The van der Waals surface area contributed by atoms with Gasteiger partial charge in [0.05, 0.1) is 6.54 Å². The molecule has 1 aromatic rings. The lowest BCUT2D eigenvalue weighted by molar-refractivity contribution is -0.128. The monoisotopic (exact) mass is 356 g/mol. The quantitative estimate of drug-likeness (QED) is 0.652. The smallest absolute Gasteiger partial charge is 0.222 e. The Morgan fingerprint density at radius 3 is 2.62 bits per heavy atom. The van der Waals surface area contributed by atoms with Crippen molar-refractivity contribution in [3.63, 3.8) is 0 Å². The minimum Gasteiger partial charge on any atom is -0.357 e. The van der Waals surface area contributed by atoms with Gasteiger partial charge in [-0.25, -0.2) is 4.99 Å². The fourth-order valence-electron chi connectivity index (χ4n) is 3.82. The average Bonchev–Trinajstić information content (AvgIpc) is 3.04. The molecule has 0 saturated carbocycles. The summed E-state index contributed by atoms with van der Waals surface area (Å²) in [4.78, 5) is 21.0. The summed E-state index contributed by atoms with van der Waals surface area (Å²) >= 11 is 0. The largest absolute Gasteiger partial charge is 0.357 e. The summed E-state index contributed by atoms with van der Waals surface area (Å²) in [5.41, 5.74) is 2.41. The van der Waals surface area contributed by atoms with Crippen molar-refractivity contribution in [2.45, 2.75) is 52.6 Å². The minimum absolute atomic E-state index is 0.282. The molecule has 1 amide bonds. The van der Waals surface area contributed by atoms with E-state index in [1.165, 1.54) is 24.0 Å². The van der Waals surface area contributed by atoms with Gasteiger partial charge in [-0.05, 0) is 43.2 Å². The minimum atomic E-state index is 0.282. The Kier molecular flexibility index (Phi) is 6.53. The Morgan fingerprint density at radius 2 is 1.96 bits per heavy atom. The van der Waals surface area contributed by atoms with Crippen LogP contribution in [0.3, 0.4) is 0 Å². The molecule has 2 saturated heterocycles. The fraction of sp³-hybridized carbons (Fsp3) is 0.619. The van der Waals surface area contributed by atoms with E-state index in [1.807, 2.05) is 4.90 Å². The Bertz CT molecular complexity index is 625. The highest BCUT2D eigenvalue weighted by Crippen LogP contribution is 2.17. The Morgan fingerprint density at radius 1 is 1.19 bits per heavy atom. The van der Waals surface area contributed by atoms with E-state index in [-0.39, 0.29) is 5.91 Å². The van der Waals surface area contributed by atoms with E-state index in [1.54, 1.807) is 0 Å². The highest BCUT2D eigenvalue weighted by molar-refractivity contribution is 5.80. The molecular weight excluding hydrogens is 324 g/mol. The van der Waals surface area contributed by atoms with Crippen LogP contribution in [0.4, 0.5) is 0 Å². The molecule has 1 unspecified atom stereocenters. The maximum absolute atomic E-state index is 11.8. The summed E-state index contributed by atoms with van der Waals surface area (Å²) in [6.07, 6.45) is 4.26. The first-order chi connectivity index (χ1) is 12.7. The van der Waals surface area contributed by atoms with Crippen molar-refractivity contribution in [2.75, 3.05) is 26.2 Å². The van der Waals surface area contributed by atoms with Gasteiger partial charge in [0.1, 0.15) is 0 Å². The molecule has 0 spiro atoms. The van der Waals surface area contributed by atoms with Crippen LogP contribution in [0.15, 0.2) is 29.3 Å². The van der Waals surface area contributed by atoms with E-state index in [2.05, 4.69) is 48.3 Å². The van der Waals surface area contributed by atoms with E-state index >= 15 is 0 Å². The third kappa shape index (κ3) is 4.99. The third-order valence-electron chi connectivity index (χ3n) is 5.27. The second-order valence-corrected chi connectivity index (χ2v) is 7.60. The number of rotatable bonds is 5. The van der Waals surface area contributed by atoms with Crippen LogP contribution < -0.4 is 5.32 Å². The van der Waals surface area contributed by atoms with Gasteiger partial charge in [-0.1, -0.05) is 31.2 Å². The van der Waals surface area contributed by atoms with Gasteiger partial charge in [0, 0.05) is 39.1 Å². The fourth-order valence-corrected chi connectivity index (χ4v) is 3.82. The van der Waals surface area contributed by atoms with E-state index in [9.17, 15) is 4.79 Å². The second-order valence-electron chi connectivity index (χ2n) is 7.60. The van der Waals surface area contributed by atoms with Crippen molar-refractivity contribution >= 4 is 11.9 Å². The summed E-state index contributed by atoms with van der Waals surface area (Å²) in [5.74, 6) is 2.05. The highest BCUT2D eigenvalue weighted by Gasteiger charge is 2.20. The molecule has 2 fully saturated rings. The molecule has 2 aliphatic heterocycles. The molecule has 26 heavy (non-hydrogen) atoms. The molecule has 2 heterocycles. The van der Waals surface area contributed by atoms with Crippen molar-refractivity contribution in [1.82, 2.24) is 15.1 Å². The number of nitrogens with one attached hydrogen (secondary N) is 1. The van der Waals surface area contributed by atoms with Gasteiger partial charge < -0.3 is 15.1 Å². The third-order valence-corrected chi connectivity index (χ3v) is 5.27. The molecule has 0 radical (unpaired) electrons. The lowest BCUT2D eigenvalue weighted by atomic mass is 10.0. The van der Waals surface area contributed by atoms with Crippen LogP contribution in [0.2, 0.25) is 0 Å². The first kappa shape index (κ1) is 18.7. The number of benzene rings is 1. The topological polar surface area (TPSA) is 47.9 Å². The van der Waals surface area contributed by atoms with Crippen LogP contribution in [0.25, 0.3) is 0 Å². The molecule has 142 valence electrons. The van der Waals surface area contributed by atoms with Crippen LogP contribution in [-0.2, 0) is 17.9 Å². The summed E-state index contributed by atoms with van der Waals surface area (Å²) in [6, 6.07) is 8.54. The van der Waals surface area contributed by atoms with Gasteiger partial charge >= 0.3 is 0 Å². The molecule has 0 bridgehead atoms. The summed E-state index contributed by atoms with van der Waals surface area (Å²) in [5, 5.41) is 3.44. The van der Waals surface area contributed by atoms with Crippen molar-refractivity contribution in [2.24, 2.45) is 10.9 Å². The number of aliphatic imine (C=N–C) groups is 1. The normalized spacial score (nSPS) is 21.4. The van der Waals surface area contributed by atoms with Crippen LogP contribution in [-0.4, -0.2) is 47.8 Å². The van der Waals surface area contributed by atoms with Crippen molar-refractivity contribution < 1.29 is 4.79 Å². The number of hydrogen-bond acceptors (Lipinski definition) is 2. The van der Waals surface area contributed by atoms with Crippen molar-refractivity contribution in [3.05, 3.63) is 35.4 Å². The number of guanidine groups is 1. The molecule has 1 atom stereocenters. The number of piperidine rings is 1. The first-order valence-electron chi connectivity index (χ1n) is 10.0. The molecule has 1 aromatic carbocycles. The number of carbonyl (C=O) groups excluding carboxylic acids is 1. The van der Waals surface area contributed by atoms with Crippen LogP contribution >= 0.6 is 0 Å². The van der Waals surface area contributed by atoms with Gasteiger partial charge in [0.25, 0.3) is 0 Å². The van der Waals surface area contributed by atoms with Gasteiger partial charge in [-0.15, -0.1) is 0 Å². The molecule has 5 heteroatoms. The summed E-state index contributed by atoms with van der Waals surface area (Å²) < 4.78 is 0. The number of likely N-dealkylation sites (tertiary alicyclic amines) is 2. The lowest BCUT2D eigenvalue weighted by Gasteiger charge is -2.33. The van der Waals surface area contributed by atoms with E-state index in [0.29, 0.717) is 13.0 Å². The predicted molar refractivity (Wildman–Crippen MR) is 106 cm³/mol. The summed E-state index contributed by atoms with van der Waals surface area (Å²) in [6.45, 7) is 9.84. The zero-order valence-electron chi connectivity index (χ0n) is 16.2. The lowest BCUT2D eigenvalue weighted by Crippen LogP contribution is -2.46. The predicted octanol–water partition coefficient (Wildman–Crippen LogP) is 3.01. The van der Waals surface area contributed by atoms with Gasteiger partial charge in [0.15, 0.2) is 5.96 Å². The molecule has 3 rings (SSSR count). The Hall–Kier alpha value is -2.04. The number of hydrogen-bond donors (Lipinski definition) is 1. The summed E-state index contributed by atoms with van der Waals surface area (Å²) in [7, 11) is 0. The average molecular weight is 357 g/mol. The zero-order chi connectivity index (χ0) is 18.4. The number of amides is 1. The maximum Gasteiger partial charge on any atom is 0.222 e. The molecular formula is C21H32N4O. The van der Waals surface area contributed by atoms with Gasteiger partial charge in [-0.3, -0.25) is 4.79 Å². The molecule has 5 nitrogen and oxygen atoms in total. The first-order valence-corrected chi connectivity index (χ1v) is 10.0. The molecule has 0 aromatic heterocycles. The Balaban J connectivity index is 1.59. The highest BCUT2D eigenvalue weighted by atomic mass is 16.2. The van der Waals surface area contributed by atoms with E-state index in [0.717, 1.165) is 51.0 Å². The number of carbonyl (C=O) groups is 1. The second kappa shape index (κ2) is 9.06. The Labute approximate surface area is 157 Å². The SMILES string of the molecule is CCNC(=NCc1ccc(CN2CCCC2=O)cc1)N1CCCC(C)C1. The van der Waals surface area contributed by atoms with Gasteiger partial charge in [-0.2, -0.15) is 0 Å².